The predicted octanol–water partition coefficient (Wildman–Crippen LogP) is 3.66. The first-order chi connectivity index (χ1) is 9.97. The first kappa shape index (κ1) is 19.7. The minimum absolute atomic E-state index is 0.269. The fraction of sp³-hybridized carbons (Fsp3) is 0.875. The summed E-state index contributed by atoms with van der Waals surface area (Å²) in [5.41, 5.74) is 0. The van der Waals surface area contributed by atoms with E-state index >= 15 is 0 Å². The van der Waals surface area contributed by atoms with E-state index in [2.05, 4.69) is 12.2 Å². The third kappa shape index (κ3) is 12.2. The van der Waals surface area contributed by atoms with E-state index in [-0.39, 0.29) is 5.92 Å². The normalized spacial score (nSPS) is 12.0. The molecule has 124 valence electrons. The third-order valence-corrected chi connectivity index (χ3v) is 2.98. The van der Waals surface area contributed by atoms with Gasteiger partial charge >= 0.3 is 12.1 Å². The monoisotopic (exact) mass is 301 g/mol. The van der Waals surface area contributed by atoms with E-state index in [9.17, 15) is 9.59 Å². The van der Waals surface area contributed by atoms with Gasteiger partial charge < -0.3 is 14.8 Å². The average Bonchev–Trinajstić information content (AvgIpc) is 2.43. The van der Waals surface area contributed by atoms with Crippen LogP contribution in [-0.4, -0.2) is 31.3 Å². The van der Waals surface area contributed by atoms with Crippen LogP contribution in [0.3, 0.4) is 0 Å². The van der Waals surface area contributed by atoms with Crippen molar-refractivity contribution in [3.63, 3.8) is 0 Å². The SMILES string of the molecule is CCCCCCCCOC(=O)[C@H](C)NC(=O)OCC(C)C. The molecule has 1 N–H and O–H groups in total. The minimum Gasteiger partial charge on any atom is -0.464 e. The van der Waals surface area contributed by atoms with Gasteiger partial charge in [0.25, 0.3) is 0 Å². The molecule has 1 amide bonds. The highest BCUT2D eigenvalue weighted by Crippen LogP contribution is 2.05. The molecule has 0 saturated carbocycles. The Balaban J connectivity index is 3.63. The van der Waals surface area contributed by atoms with E-state index < -0.39 is 18.1 Å². The standard InChI is InChI=1S/C16H31NO4/c1-5-6-7-8-9-10-11-20-15(18)14(4)17-16(19)21-12-13(2)3/h13-14H,5-12H2,1-4H3,(H,17,19)/t14-/m0/s1. The molecule has 0 aliphatic rings. The summed E-state index contributed by atoms with van der Waals surface area (Å²) >= 11 is 0. The molecule has 0 bridgehead atoms. The van der Waals surface area contributed by atoms with Crippen LogP contribution in [0, 0.1) is 5.92 Å². The Kier molecular flexibility index (Phi) is 11.7. The second kappa shape index (κ2) is 12.5. The van der Waals surface area contributed by atoms with Crippen LogP contribution in [0.15, 0.2) is 0 Å². The molecule has 0 fully saturated rings. The number of alkyl carbamates (subject to hydrolysis) is 1. The number of nitrogens with one attached hydrogen (secondary N) is 1. The van der Waals surface area contributed by atoms with Crippen LogP contribution in [0.1, 0.15) is 66.2 Å². The Morgan fingerprint density at radius 1 is 0.952 bits per heavy atom. The van der Waals surface area contributed by atoms with Crippen molar-refractivity contribution in [3.8, 4) is 0 Å². The van der Waals surface area contributed by atoms with E-state index in [0.29, 0.717) is 13.2 Å². The Hall–Kier alpha value is -1.26. The number of rotatable bonds is 11. The molecule has 0 radical (unpaired) electrons. The van der Waals surface area contributed by atoms with Crippen LogP contribution < -0.4 is 5.32 Å². The molecule has 0 unspecified atom stereocenters. The van der Waals surface area contributed by atoms with E-state index in [1.165, 1.54) is 25.7 Å². The molecular formula is C16H31NO4. The fourth-order valence-corrected chi connectivity index (χ4v) is 1.70. The molecule has 1 atom stereocenters. The number of ether oxygens (including phenoxy) is 2. The maximum absolute atomic E-state index is 11.7. The van der Waals surface area contributed by atoms with E-state index in [4.69, 9.17) is 9.47 Å². The minimum atomic E-state index is -0.676. The second-order valence-corrected chi connectivity index (χ2v) is 5.79. The first-order valence-corrected chi connectivity index (χ1v) is 8.07. The molecular weight excluding hydrogens is 270 g/mol. The molecule has 5 nitrogen and oxygen atoms in total. The lowest BCUT2D eigenvalue weighted by Gasteiger charge is -2.14. The predicted molar refractivity (Wildman–Crippen MR) is 83.1 cm³/mol. The van der Waals surface area contributed by atoms with Gasteiger partial charge in [0.2, 0.25) is 0 Å². The summed E-state index contributed by atoms with van der Waals surface area (Å²) in [7, 11) is 0. The summed E-state index contributed by atoms with van der Waals surface area (Å²) in [5, 5.41) is 2.47. The molecule has 5 heteroatoms. The molecule has 0 aliphatic carbocycles. The van der Waals surface area contributed by atoms with Gasteiger partial charge in [0, 0.05) is 0 Å². The average molecular weight is 301 g/mol. The second-order valence-electron chi connectivity index (χ2n) is 5.79. The highest BCUT2D eigenvalue weighted by Gasteiger charge is 2.17. The van der Waals surface area contributed by atoms with Crippen molar-refractivity contribution in [3.05, 3.63) is 0 Å². The molecule has 0 heterocycles. The number of unbranched alkanes of at least 4 members (excludes halogenated alkanes) is 5. The zero-order valence-corrected chi connectivity index (χ0v) is 13.9. The van der Waals surface area contributed by atoms with Gasteiger partial charge in [-0.15, -0.1) is 0 Å². The summed E-state index contributed by atoms with van der Waals surface area (Å²) in [6.07, 6.45) is 6.29. The van der Waals surface area contributed by atoms with Gasteiger partial charge in [0.1, 0.15) is 6.04 Å². The van der Waals surface area contributed by atoms with E-state index in [0.717, 1.165) is 12.8 Å². The zero-order chi connectivity index (χ0) is 16.1. The van der Waals surface area contributed by atoms with Crippen molar-refractivity contribution >= 4 is 12.1 Å². The van der Waals surface area contributed by atoms with E-state index in [1.807, 2.05) is 13.8 Å². The molecule has 0 rings (SSSR count). The van der Waals surface area contributed by atoms with Crippen molar-refractivity contribution in [2.45, 2.75) is 72.3 Å². The van der Waals surface area contributed by atoms with Crippen LogP contribution in [0.5, 0.6) is 0 Å². The quantitative estimate of drug-likeness (QED) is 0.467. The van der Waals surface area contributed by atoms with Gasteiger partial charge in [0.15, 0.2) is 0 Å². The molecule has 0 aliphatic heterocycles. The van der Waals surface area contributed by atoms with Crippen molar-refractivity contribution in [1.82, 2.24) is 5.32 Å². The van der Waals surface area contributed by atoms with Crippen LogP contribution in [0.25, 0.3) is 0 Å². The lowest BCUT2D eigenvalue weighted by molar-refractivity contribution is -0.145. The largest absolute Gasteiger partial charge is 0.464 e. The number of carbonyl (C=O) groups is 2. The van der Waals surface area contributed by atoms with Crippen molar-refractivity contribution in [2.24, 2.45) is 5.92 Å². The first-order valence-electron chi connectivity index (χ1n) is 8.07. The van der Waals surface area contributed by atoms with Gasteiger partial charge in [0.05, 0.1) is 13.2 Å². The molecule has 21 heavy (non-hydrogen) atoms. The van der Waals surface area contributed by atoms with Gasteiger partial charge in [-0.2, -0.15) is 0 Å². The van der Waals surface area contributed by atoms with E-state index in [1.54, 1.807) is 6.92 Å². The summed E-state index contributed by atoms with van der Waals surface area (Å²) in [6.45, 7) is 8.43. The van der Waals surface area contributed by atoms with Crippen LogP contribution in [-0.2, 0) is 14.3 Å². The molecule has 0 aromatic heterocycles. The van der Waals surface area contributed by atoms with Crippen LogP contribution in [0.2, 0.25) is 0 Å². The number of hydrogen-bond acceptors (Lipinski definition) is 4. The summed E-state index contributed by atoms with van der Waals surface area (Å²) in [4.78, 5) is 23.1. The molecule has 0 aromatic rings. The third-order valence-electron chi connectivity index (χ3n) is 2.98. The lowest BCUT2D eigenvalue weighted by atomic mass is 10.1. The van der Waals surface area contributed by atoms with Crippen LogP contribution in [0.4, 0.5) is 4.79 Å². The number of amides is 1. The smallest absolute Gasteiger partial charge is 0.407 e. The Morgan fingerprint density at radius 3 is 2.19 bits per heavy atom. The number of hydrogen-bond donors (Lipinski definition) is 1. The maximum atomic E-state index is 11.7. The van der Waals surface area contributed by atoms with Gasteiger partial charge in [-0.1, -0.05) is 52.9 Å². The number of carbonyl (C=O) groups excluding carboxylic acids is 2. The lowest BCUT2D eigenvalue weighted by Crippen LogP contribution is -2.40. The topological polar surface area (TPSA) is 64.6 Å². The summed E-state index contributed by atoms with van der Waals surface area (Å²) in [5.74, 6) is -0.143. The highest BCUT2D eigenvalue weighted by atomic mass is 16.6. The van der Waals surface area contributed by atoms with Crippen molar-refractivity contribution in [1.29, 1.82) is 0 Å². The molecule has 0 aromatic carbocycles. The fourth-order valence-electron chi connectivity index (χ4n) is 1.70. The van der Waals surface area contributed by atoms with Gasteiger partial charge in [-0.3, -0.25) is 0 Å². The summed E-state index contributed by atoms with van der Waals surface area (Å²) < 4.78 is 10.1. The summed E-state index contributed by atoms with van der Waals surface area (Å²) in [6, 6.07) is -0.676. The Labute approximate surface area is 128 Å². The van der Waals surface area contributed by atoms with Gasteiger partial charge in [-0.05, 0) is 19.3 Å². The van der Waals surface area contributed by atoms with Crippen LogP contribution >= 0.6 is 0 Å². The van der Waals surface area contributed by atoms with Crippen molar-refractivity contribution < 1.29 is 19.1 Å². The highest BCUT2D eigenvalue weighted by molar-refractivity contribution is 5.80. The Bertz CT molecular complexity index is 292. The van der Waals surface area contributed by atoms with Gasteiger partial charge in [-0.25, -0.2) is 9.59 Å². The molecule has 0 saturated heterocycles. The maximum Gasteiger partial charge on any atom is 0.407 e. The zero-order valence-electron chi connectivity index (χ0n) is 13.9. The number of esters is 1. The Morgan fingerprint density at radius 2 is 1.57 bits per heavy atom. The molecule has 0 spiro atoms. The van der Waals surface area contributed by atoms with Crippen molar-refractivity contribution in [2.75, 3.05) is 13.2 Å².